The zero-order valence-electron chi connectivity index (χ0n) is 9.64. The second-order valence-corrected chi connectivity index (χ2v) is 4.25. The van der Waals surface area contributed by atoms with Gasteiger partial charge in [-0.1, -0.05) is 26.0 Å². The van der Waals surface area contributed by atoms with E-state index in [2.05, 4.69) is 31.0 Å². The summed E-state index contributed by atoms with van der Waals surface area (Å²) in [7, 11) is 0. The summed E-state index contributed by atoms with van der Waals surface area (Å²) in [6, 6.07) is 12.1. The lowest BCUT2D eigenvalue weighted by Crippen LogP contribution is -1.92. The summed E-state index contributed by atoms with van der Waals surface area (Å²) < 4.78 is 0. The summed E-state index contributed by atoms with van der Waals surface area (Å²) in [5.41, 5.74) is 10.00. The molecule has 0 amide bonds. The van der Waals surface area contributed by atoms with E-state index in [1.54, 1.807) is 0 Å². The zero-order chi connectivity index (χ0) is 11.5. The van der Waals surface area contributed by atoms with E-state index >= 15 is 0 Å². The number of nitrogen functional groups attached to an aromatic ring is 1. The molecule has 2 aromatic rings. The summed E-state index contributed by atoms with van der Waals surface area (Å²) in [5, 5.41) is 0. The van der Waals surface area contributed by atoms with Crippen LogP contribution in [0.5, 0.6) is 0 Å². The van der Waals surface area contributed by atoms with Crippen molar-refractivity contribution in [1.29, 1.82) is 0 Å². The number of aromatic nitrogens is 1. The Morgan fingerprint density at radius 2 is 1.81 bits per heavy atom. The monoisotopic (exact) mass is 212 g/mol. The Labute approximate surface area is 96.1 Å². The van der Waals surface area contributed by atoms with E-state index in [1.807, 2.05) is 30.5 Å². The summed E-state index contributed by atoms with van der Waals surface area (Å²) in [6.07, 6.45) is 1.86. The first kappa shape index (κ1) is 10.7. The van der Waals surface area contributed by atoms with Crippen LogP contribution < -0.4 is 5.73 Å². The van der Waals surface area contributed by atoms with Gasteiger partial charge < -0.3 is 5.73 Å². The number of benzene rings is 1. The molecule has 1 heterocycles. The van der Waals surface area contributed by atoms with Gasteiger partial charge in [0.25, 0.3) is 0 Å². The lowest BCUT2D eigenvalue weighted by Gasteiger charge is -2.07. The van der Waals surface area contributed by atoms with Crippen LogP contribution in [0, 0.1) is 0 Å². The molecular weight excluding hydrogens is 196 g/mol. The molecular formula is C14H16N2. The molecule has 2 heteroatoms. The fraction of sp³-hybridized carbons (Fsp3) is 0.214. The Morgan fingerprint density at radius 3 is 2.50 bits per heavy atom. The van der Waals surface area contributed by atoms with Crippen molar-refractivity contribution in [2.45, 2.75) is 19.8 Å². The van der Waals surface area contributed by atoms with E-state index in [9.17, 15) is 0 Å². The van der Waals surface area contributed by atoms with Gasteiger partial charge in [0.05, 0.1) is 0 Å². The lowest BCUT2D eigenvalue weighted by molar-refractivity contribution is 0.823. The maximum absolute atomic E-state index is 5.78. The van der Waals surface area contributed by atoms with Crippen molar-refractivity contribution in [2.75, 3.05) is 5.73 Å². The first-order valence-electron chi connectivity index (χ1n) is 5.48. The number of hydrogen-bond donors (Lipinski definition) is 1. The van der Waals surface area contributed by atoms with Crippen molar-refractivity contribution >= 4 is 5.69 Å². The van der Waals surface area contributed by atoms with Crippen molar-refractivity contribution < 1.29 is 0 Å². The number of nitrogens with zero attached hydrogens (tertiary/aromatic N) is 1. The van der Waals surface area contributed by atoms with E-state index in [0.29, 0.717) is 5.92 Å². The Balaban J connectivity index is 2.44. The van der Waals surface area contributed by atoms with E-state index < -0.39 is 0 Å². The predicted molar refractivity (Wildman–Crippen MR) is 68.2 cm³/mol. The second-order valence-electron chi connectivity index (χ2n) is 4.25. The van der Waals surface area contributed by atoms with E-state index in [1.165, 1.54) is 5.56 Å². The molecule has 1 aromatic heterocycles. The van der Waals surface area contributed by atoms with Crippen LogP contribution in [0.3, 0.4) is 0 Å². The molecule has 82 valence electrons. The van der Waals surface area contributed by atoms with E-state index in [-0.39, 0.29) is 0 Å². The highest BCUT2D eigenvalue weighted by Gasteiger charge is 2.03. The average molecular weight is 212 g/mol. The van der Waals surface area contributed by atoms with Crippen LogP contribution in [-0.4, -0.2) is 4.98 Å². The van der Waals surface area contributed by atoms with Gasteiger partial charge in [0, 0.05) is 17.6 Å². The molecule has 0 bridgehead atoms. The average Bonchev–Trinajstić information content (AvgIpc) is 2.29. The summed E-state index contributed by atoms with van der Waals surface area (Å²) >= 11 is 0. The third-order valence-corrected chi connectivity index (χ3v) is 2.59. The Bertz CT molecular complexity index is 490. The Hall–Kier alpha value is -1.83. The van der Waals surface area contributed by atoms with Gasteiger partial charge in [-0.3, -0.25) is 4.98 Å². The molecule has 2 nitrogen and oxygen atoms in total. The standard InChI is InChI=1S/C14H16N2/c1-10(2)14-9-12(6-7-16-14)11-4-3-5-13(15)8-11/h3-10H,15H2,1-2H3. The van der Waals surface area contributed by atoms with E-state index in [0.717, 1.165) is 16.9 Å². The number of anilines is 1. The van der Waals surface area contributed by atoms with Crippen LogP contribution in [0.1, 0.15) is 25.5 Å². The normalized spacial score (nSPS) is 10.7. The Morgan fingerprint density at radius 1 is 1.06 bits per heavy atom. The van der Waals surface area contributed by atoms with Crippen molar-refractivity contribution in [3.8, 4) is 11.1 Å². The largest absolute Gasteiger partial charge is 0.399 e. The molecule has 0 aliphatic heterocycles. The maximum Gasteiger partial charge on any atom is 0.0435 e. The molecule has 16 heavy (non-hydrogen) atoms. The number of hydrogen-bond acceptors (Lipinski definition) is 2. The Kier molecular flexibility index (Phi) is 2.91. The lowest BCUT2D eigenvalue weighted by atomic mass is 10.0. The van der Waals surface area contributed by atoms with Gasteiger partial charge in [0.2, 0.25) is 0 Å². The van der Waals surface area contributed by atoms with Crippen molar-refractivity contribution in [1.82, 2.24) is 4.98 Å². The first-order chi connectivity index (χ1) is 7.66. The van der Waals surface area contributed by atoms with Crippen molar-refractivity contribution in [3.63, 3.8) is 0 Å². The highest BCUT2D eigenvalue weighted by Crippen LogP contribution is 2.23. The third kappa shape index (κ3) is 2.22. The minimum absolute atomic E-state index is 0.445. The van der Waals surface area contributed by atoms with Gasteiger partial charge in [-0.2, -0.15) is 0 Å². The van der Waals surface area contributed by atoms with Crippen LogP contribution in [0.4, 0.5) is 5.69 Å². The smallest absolute Gasteiger partial charge is 0.0435 e. The van der Waals surface area contributed by atoms with Crippen molar-refractivity contribution in [2.24, 2.45) is 0 Å². The highest BCUT2D eigenvalue weighted by atomic mass is 14.7. The fourth-order valence-electron chi connectivity index (χ4n) is 1.66. The summed E-state index contributed by atoms with van der Waals surface area (Å²) in [4.78, 5) is 4.36. The van der Waals surface area contributed by atoms with Crippen LogP contribution >= 0.6 is 0 Å². The number of rotatable bonds is 2. The molecule has 0 atom stereocenters. The van der Waals surface area contributed by atoms with Gasteiger partial charge in [-0.25, -0.2) is 0 Å². The number of nitrogens with two attached hydrogens (primary N) is 1. The fourth-order valence-corrected chi connectivity index (χ4v) is 1.66. The summed E-state index contributed by atoms with van der Waals surface area (Å²) in [6.45, 7) is 4.29. The molecule has 2 rings (SSSR count). The zero-order valence-corrected chi connectivity index (χ0v) is 9.64. The molecule has 1 aromatic carbocycles. The first-order valence-corrected chi connectivity index (χ1v) is 5.48. The second kappa shape index (κ2) is 4.35. The SMILES string of the molecule is CC(C)c1cc(-c2cccc(N)c2)ccn1. The molecule has 0 fully saturated rings. The molecule has 0 aliphatic carbocycles. The van der Waals surface area contributed by atoms with Gasteiger partial charge in [0.15, 0.2) is 0 Å². The molecule has 2 N–H and O–H groups in total. The molecule has 0 aliphatic rings. The van der Waals surface area contributed by atoms with Gasteiger partial charge >= 0.3 is 0 Å². The molecule has 0 saturated carbocycles. The minimum atomic E-state index is 0.445. The number of pyridine rings is 1. The molecule has 0 unspecified atom stereocenters. The van der Waals surface area contributed by atoms with Gasteiger partial charge in [0.1, 0.15) is 0 Å². The van der Waals surface area contributed by atoms with Crippen LogP contribution in [0.15, 0.2) is 42.6 Å². The predicted octanol–water partition coefficient (Wildman–Crippen LogP) is 3.45. The highest BCUT2D eigenvalue weighted by molar-refractivity contribution is 5.67. The maximum atomic E-state index is 5.78. The van der Waals surface area contributed by atoms with Crippen molar-refractivity contribution in [3.05, 3.63) is 48.3 Å². The minimum Gasteiger partial charge on any atom is -0.399 e. The summed E-state index contributed by atoms with van der Waals surface area (Å²) in [5.74, 6) is 0.445. The third-order valence-electron chi connectivity index (χ3n) is 2.59. The van der Waals surface area contributed by atoms with Gasteiger partial charge in [-0.05, 0) is 41.3 Å². The molecule has 0 radical (unpaired) electrons. The molecule has 0 saturated heterocycles. The van der Waals surface area contributed by atoms with Crippen LogP contribution in [0.25, 0.3) is 11.1 Å². The topological polar surface area (TPSA) is 38.9 Å². The van der Waals surface area contributed by atoms with Crippen LogP contribution in [-0.2, 0) is 0 Å². The van der Waals surface area contributed by atoms with Gasteiger partial charge in [-0.15, -0.1) is 0 Å². The van der Waals surface area contributed by atoms with E-state index in [4.69, 9.17) is 5.73 Å². The van der Waals surface area contributed by atoms with Crippen LogP contribution in [0.2, 0.25) is 0 Å². The molecule has 0 spiro atoms. The quantitative estimate of drug-likeness (QED) is 0.774.